The van der Waals surface area contributed by atoms with Crippen molar-refractivity contribution < 1.29 is 69.5 Å². The summed E-state index contributed by atoms with van der Waals surface area (Å²) in [4.78, 5) is 37.8. The van der Waals surface area contributed by atoms with Crippen LogP contribution in [0.5, 0.6) is 11.5 Å². The molecule has 18 heteroatoms. The number of ketones is 2. The van der Waals surface area contributed by atoms with Crippen molar-refractivity contribution in [3.05, 3.63) is 104 Å². The van der Waals surface area contributed by atoms with Crippen molar-refractivity contribution in [2.75, 3.05) is 68.4 Å². The summed E-state index contributed by atoms with van der Waals surface area (Å²) in [7, 11) is 0. The van der Waals surface area contributed by atoms with E-state index in [0.717, 1.165) is 5.56 Å². The number of benzene rings is 4. The molecule has 286 valence electrons. The van der Waals surface area contributed by atoms with E-state index in [2.05, 4.69) is 26.6 Å². The number of phenols is 2. The first kappa shape index (κ1) is 48.7. The van der Waals surface area contributed by atoms with Crippen LogP contribution >= 0.6 is 48.0 Å². The molecule has 5 rings (SSSR count). The summed E-state index contributed by atoms with van der Waals surface area (Å²) in [6, 6.07) is 15.6. The van der Waals surface area contributed by atoms with Crippen molar-refractivity contribution >= 4 is 88.3 Å². The molecule has 1 aliphatic carbocycles. The van der Waals surface area contributed by atoms with Crippen LogP contribution in [0.1, 0.15) is 47.8 Å². The molecule has 0 amide bonds. The Labute approximate surface area is 357 Å². The van der Waals surface area contributed by atoms with Crippen molar-refractivity contribution in [3.8, 4) is 11.5 Å². The Hall–Kier alpha value is -3.31. The Bertz CT molecular complexity index is 1840. The van der Waals surface area contributed by atoms with Gasteiger partial charge >= 0.3 is 29.6 Å². The van der Waals surface area contributed by atoms with E-state index < -0.39 is 17.5 Å². The molecule has 0 bridgehead atoms. The number of anilines is 4. The second-order valence-electron chi connectivity index (χ2n) is 11.2. The molecule has 4 aromatic carbocycles. The molecule has 0 atom stereocenters. The van der Waals surface area contributed by atoms with Gasteiger partial charge in [-0.1, -0.05) is 47.5 Å². The molecule has 0 unspecified atom stereocenters. The summed E-state index contributed by atoms with van der Waals surface area (Å²) in [6.45, 7) is 4.65. The summed E-state index contributed by atoms with van der Waals surface area (Å²) in [6.07, 6.45) is 0. The maximum atomic E-state index is 13.4. The zero-order chi connectivity index (χ0) is 37.1. The predicted octanol–water partition coefficient (Wildman–Crippen LogP) is 1.12. The Balaban J connectivity index is 0.000000572. The van der Waals surface area contributed by atoms with Crippen LogP contribution in [0, 0.1) is 6.92 Å². The summed E-state index contributed by atoms with van der Waals surface area (Å²) in [5.41, 5.74) is 2.45. The van der Waals surface area contributed by atoms with E-state index in [9.17, 15) is 29.7 Å². The average Bonchev–Trinajstić information content (AvgIpc) is 3.12. The van der Waals surface area contributed by atoms with Crippen LogP contribution in [0.25, 0.3) is 0 Å². The third-order valence-electron chi connectivity index (χ3n) is 7.78. The van der Waals surface area contributed by atoms with Crippen LogP contribution in [0.2, 0.25) is 10.0 Å². The standard InChI is InChI=1S/C22H28N4O6.C14H11Cl2NO2.2ClH.Na/c27-11-9-23-5-7-25-13-1-2-14(26-8-6-24-10-12-28)18-17(13)21(31)19-15(29)3-4-16(30)20(19)22(18)32;1-8-6-7-10(15)13(12(8)16)17-11-5-3-2-4-9(11)14(18)19;;;/h1-4,23-30H,5-12H2;2-7,17H,1H3,(H,18,19);2*1H;/q;;;;+1/p-1. The fourth-order valence-electron chi connectivity index (χ4n) is 5.31. The smallest absolute Gasteiger partial charge is 0.545 e. The molecule has 9 N–H and O–H groups in total. The number of halogens is 4. The molecule has 0 spiro atoms. The number of para-hydroxylation sites is 1. The summed E-state index contributed by atoms with van der Waals surface area (Å²) < 4.78 is 0. The number of aliphatic hydroxyl groups excluding tert-OH is 2. The number of aliphatic hydroxyl groups is 2. The third kappa shape index (κ3) is 11.8. The largest absolute Gasteiger partial charge is 1.00 e. The topological polar surface area (TPSA) is 215 Å². The van der Waals surface area contributed by atoms with Crippen LogP contribution in [0.15, 0.2) is 60.7 Å². The molecule has 4 aromatic rings. The number of phenolic OH excluding ortho intramolecular Hbond substituents is 2. The molecular formula is C36H40Cl4N5NaO8. The molecule has 0 aliphatic heterocycles. The number of carbonyl (C=O) groups excluding carboxylic acids is 3. The number of aromatic hydroxyl groups is 2. The zero-order valence-electron chi connectivity index (χ0n) is 29.4. The number of carboxylic acids is 1. The summed E-state index contributed by atoms with van der Waals surface area (Å²) >= 11 is 12.2. The second kappa shape index (κ2) is 23.6. The number of aryl methyl sites for hydroxylation is 1. The SMILES string of the molecule is Cc1ccc(Cl)c(Nc2ccccc2C(=O)[O-])c1Cl.Cl.Cl.O=C1c2c(O)ccc(O)c2C(=O)c2c(NCCNCCO)ccc(NCCNCCO)c21.[Na+]. The molecule has 0 aromatic heterocycles. The van der Waals surface area contributed by atoms with Gasteiger partial charge in [-0.2, -0.15) is 0 Å². The number of carbonyl (C=O) groups is 3. The van der Waals surface area contributed by atoms with Gasteiger partial charge in [-0.3, -0.25) is 9.59 Å². The minimum absolute atomic E-state index is 0. The van der Waals surface area contributed by atoms with Gasteiger partial charge in [0, 0.05) is 61.9 Å². The molecular weight excluding hydrogens is 795 g/mol. The molecule has 13 nitrogen and oxygen atoms in total. The van der Waals surface area contributed by atoms with Crippen molar-refractivity contribution in [2.45, 2.75) is 6.92 Å². The van der Waals surface area contributed by atoms with Gasteiger partial charge in [-0.05, 0) is 48.9 Å². The Kier molecular flexibility index (Phi) is 21.3. The van der Waals surface area contributed by atoms with Crippen molar-refractivity contribution in [2.24, 2.45) is 0 Å². The Morgan fingerprint density at radius 2 is 1.15 bits per heavy atom. The molecule has 0 fully saturated rings. The van der Waals surface area contributed by atoms with Gasteiger partial charge < -0.3 is 56.9 Å². The zero-order valence-corrected chi connectivity index (χ0v) is 34.6. The number of hydrogen-bond acceptors (Lipinski definition) is 13. The van der Waals surface area contributed by atoms with Gasteiger partial charge in [0.2, 0.25) is 11.6 Å². The van der Waals surface area contributed by atoms with Crippen molar-refractivity contribution in [3.63, 3.8) is 0 Å². The van der Waals surface area contributed by atoms with E-state index in [1.54, 1.807) is 42.5 Å². The monoisotopic (exact) mass is 833 g/mol. The fraction of sp³-hybridized carbons (Fsp3) is 0.250. The first-order valence-electron chi connectivity index (χ1n) is 16.0. The Morgan fingerprint density at radius 3 is 1.61 bits per heavy atom. The van der Waals surface area contributed by atoms with E-state index in [0.29, 0.717) is 72.1 Å². The van der Waals surface area contributed by atoms with E-state index in [-0.39, 0.29) is 107 Å². The number of rotatable bonds is 15. The molecule has 0 heterocycles. The van der Waals surface area contributed by atoms with Gasteiger partial charge in [-0.25, -0.2) is 0 Å². The summed E-state index contributed by atoms with van der Waals surface area (Å²) in [5, 5.41) is 65.4. The van der Waals surface area contributed by atoms with E-state index in [4.69, 9.17) is 33.4 Å². The molecule has 0 saturated heterocycles. The van der Waals surface area contributed by atoms with Gasteiger partial charge in [-0.15, -0.1) is 24.8 Å². The first-order valence-corrected chi connectivity index (χ1v) is 16.7. The molecule has 0 radical (unpaired) electrons. The van der Waals surface area contributed by atoms with Crippen molar-refractivity contribution in [1.82, 2.24) is 10.6 Å². The normalized spacial score (nSPS) is 11.0. The van der Waals surface area contributed by atoms with Crippen LogP contribution in [-0.4, -0.2) is 90.4 Å². The molecule has 1 aliphatic rings. The van der Waals surface area contributed by atoms with E-state index in [1.807, 2.05) is 6.92 Å². The molecule has 0 saturated carbocycles. The summed E-state index contributed by atoms with van der Waals surface area (Å²) in [5.74, 6) is -3.12. The van der Waals surface area contributed by atoms with Gasteiger partial charge in [0.1, 0.15) is 11.5 Å². The predicted molar refractivity (Wildman–Crippen MR) is 210 cm³/mol. The number of nitrogens with one attached hydrogen (secondary N) is 5. The third-order valence-corrected chi connectivity index (χ3v) is 8.58. The number of hydrogen-bond donors (Lipinski definition) is 9. The maximum absolute atomic E-state index is 13.4. The number of carboxylic acid groups (broad SMARTS) is 1. The minimum atomic E-state index is -1.26. The van der Waals surface area contributed by atoms with E-state index in [1.165, 1.54) is 18.2 Å². The van der Waals surface area contributed by atoms with Gasteiger partial charge in [0.15, 0.2) is 0 Å². The van der Waals surface area contributed by atoms with Gasteiger partial charge in [0.05, 0.1) is 57.2 Å². The minimum Gasteiger partial charge on any atom is -0.545 e. The average molecular weight is 836 g/mol. The van der Waals surface area contributed by atoms with Crippen molar-refractivity contribution in [1.29, 1.82) is 0 Å². The second-order valence-corrected chi connectivity index (χ2v) is 12.0. The van der Waals surface area contributed by atoms with E-state index >= 15 is 0 Å². The maximum Gasteiger partial charge on any atom is 1.00 e. The number of aromatic carboxylic acids is 1. The van der Waals surface area contributed by atoms with Gasteiger partial charge in [0.25, 0.3) is 0 Å². The van der Waals surface area contributed by atoms with Crippen LogP contribution in [0.4, 0.5) is 22.7 Å². The Morgan fingerprint density at radius 1 is 0.667 bits per heavy atom. The van der Waals surface area contributed by atoms with Crippen LogP contribution in [-0.2, 0) is 0 Å². The first-order chi connectivity index (χ1) is 24.5. The number of fused-ring (bicyclic) bond motifs is 2. The molecule has 54 heavy (non-hydrogen) atoms. The van der Waals surface area contributed by atoms with Crippen LogP contribution < -0.4 is 61.2 Å². The van der Waals surface area contributed by atoms with Crippen LogP contribution in [0.3, 0.4) is 0 Å². The quantitative estimate of drug-likeness (QED) is 0.0412. The fourth-order valence-corrected chi connectivity index (χ4v) is 5.78.